The van der Waals surface area contributed by atoms with Crippen LogP contribution in [-0.4, -0.2) is 12.6 Å². The summed E-state index contributed by atoms with van der Waals surface area (Å²) in [7, 11) is 0. The van der Waals surface area contributed by atoms with Gasteiger partial charge in [0.1, 0.15) is 0 Å². The van der Waals surface area contributed by atoms with Crippen LogP contribution in [0.25, 0.3) is 0 Å². The predicted octanol–water partition coefficient (Wildman–Crippen LogP) is 2.95. The molecule has 16 heavy (non-hydrogen) atoms. The Morgan fingerprint density at radius 3 is 2.50 bits per heavy atom. The molecule has 3 heteroatoms. The highest BCUT2D eigenvalue weighted by Gasteiger charge is 2.17. The number of piperidine rings is 1. The first-order chi connectivity index (χ1) is 7.31. The second kappa shape index (κ2) is 6.12. The molecule has 0 bridgehead atoms. The average Bonchev–Trinajstić information content (AvgIpc) is 2.30. The second-order valence-corrected chi connectivity index (χ2v) is 4.41. The molecule has 1 heterocycles. The molecule has 2 nitrogen and oxygen atoms in total. The SMILES string of the molecule is CC1CCCCN1c1ccc(CN)cc1.Cl. The summed E-state index contributed by atoms with van der Waals surface area (Å²) in [6.45, 7) is 4.15. The topological polar surface area (TPSA) is 29.3 Å². The van der Waals surface area contributed by atoms with Crippen molar-refractivity contribution in [2.24, 2.45) is 5.73 Å². The van der Waals surface area contributed by atoms with Gasteiger partial charge in [-0.05, 0) is 43.9 Å². The van der Waals surface area contributed by atoms with Gasteiger partial charge in [0.05, 0.1) is 0 Å². The van der Waals surface area contributed by atoms with Gasteiger partial charge >= 0.3 is 0 Å². The fourth-order valence-electron chi connectivity index (χ4n) is 2.31. The molecule has 2 rings (SSSR count). The summed E-state index contributed by atoms with van der Waals surface area (Å²) in [4.78, 5) is 2.50. The lowest BCUT2D eigenvalue weighted by Gasteiger charge is -2.35. The second-order valence-electron chi connectivity index (χ2n) is 4.41. The van der Waals surface area contributed by atoms with Gasteiger partial charge in [0.15, 0.2) is 0 Å². The first kappa shape index (κ1) is 13.3. The molecular weight excluding hydrogens is 220 g/mol. The fourth-order valence-corrected chi connectivity index (χ4v) is 2.31. The maximum Gasteiger partial charge on any atom is 0.0368 e. The molecule has 1 fully saturated rings. The van der Waals surface area contributed by atoms with E-state index in [1.54, 1.807) is 0 Å². The Labute approximate surface area is 104 Å². The van der Waals surface area contributed by atoms with Crippen molar-refractivity contribution in [3.8, 4) is 0 Å². The quantitative estimate of drug-likeness (QED) is 0.861. The van der Waals surface area contributed by atoms with Gasteiger partial charge in [0, 0.05) is 24.8 Å². The molecule has 2 N–H and O–H groups in total. The van der Waals surface area contributed by atoms with E-state index in [-0.39, 0.29) is 12.4 Å². The molecule has 0 radical (unpaired) electrons. The Morgan fingerprint density at radius 1 is 1.25 bits per heavy atom. The number of halogens is 1. The number of hydrogen-bond donors (Lipinski definition) is 1. The zero-order valence-corrected chi connectivity index (χ0v) is 10.7. The maximum absolute atomic E-state index is 5.59. The van der Waals surface area contributed by atoms with Crippen LogP contribution in [0.15, 0.2) is 24.3 Å². The van der Waals surface area contributed by atoms with E-state index in [9.17, 15) is 0 Å². The van der Waals surface area contributed by atoms with Gasteiger partial charge in [0.25, 0.3) is 0 Å². The van der Waals surface area contributed by atoms with Crippen molar-refractivity contribution in [2.45, 2.75) is 38.8 Å². The van der Waals surface area contributed by atoms with E-state index in [1.165, 1.54) is 37.1 Å². The normalized spacial score (nSPS) is 20.4. The van der Waals surface area contributed by atoms with Crippen LogP contribution in [0.5, 0.6) is 0 Å². The Hall–Kier alpha value is -0.730. The molecule has 0 aliphatic carbocycles. The standard InChI is InChI=1S/C13H20N2.ClH/c1-11-4-2-3-9-15(11)13-7-5-12(10-14)6-8-13;/h5-8,11H,2-4,9-10,14H2,1H3;1H. The van der Waals surface area contributed by atoms with Gasteiger partial charge < -0.3 is 10.6 Å². The van der Waals surface area contributed by atoms with E-state index in [4.69, 9.17) is 5.73 Å². The van der Waals surface area contributed by atoms with Crippen LogP contribution in [0.1, 0.15) is 31.7 Å². The van der Waals surface area contributed by atoms with Crippen molar-refractivity contribution in [3.05, 3.63) is 29.8 Å². The fraction of sp³-hybridized carbons (Fsp3) is 0.538. The van der Waals surface area contributed by atoms with Crippen LogP contribution in [0.3, 0.4) is 0 Å². The minimum absolute atomic E-state index is 0. The molecule has 90 valence electrons. The van der Waals surface area contributed by atoms with E-state index in [1.807, 2.05) is 0 Å². The highest BCUT2D eigenvalue weighted by atomic mass is 35.5. The molecule has 0 amide bonds. The van der Waals surface area contributed by atoms with Crippen molar-refractivity contribution in [1.29, 1.82) is 0 Å². The first-order valence-corrected chi connectivity index (χ1v) is 5.87. The highest BCUT2D eigenvalue weighted by Crippen LogP contribution is 2.24. The largest absolute Gasteiger partial charge is 0.369 e. The van der Waals surface area contributed by atoms with Gasteiger partial charge in [-0.3, -0.25) is 0 Å². The Morgan fingerprint density at radius 2 is 1.94 bits per heavy atom. The smallest absolute Gasteiger partial charge is 0.0368 e. The van der Waals surface area contributed by atoms with Gasteiger partial charge in [-0.15, -0.1) is 12.4 Å². The molecule has 0 aromatic heterocycles. The summed E-state index contributed by atoms with van der Waals surface area (Å²) in [6.07, 6.45) is 4.01. The van der Waals surface area contributed by atoms with E-state index in [0.29, 0.717) is 12.6 Å². The summed E-state index contributed by atoms with van der Waals surface area (Å²) in [5.41, 5.74) is 8.15. The van der Waals surface area contributed by atoms with E-state index < -0.39 is 0 Å². The van der Waals surface area contributed by atoms with Crippen LogP contribution in [0, 0.1) is 0 Å². The molecule has 1 saturated heterocycles. The van der Waals surface area contributed by atoms with Crippen molar-refractivity contribution >= 4 is 18.1 Å². The number of hydrogen-bond acceptors (Lipinski definition) is 2. The lowest BCUT2D eigenvalue weighted by atomic mass is 10.0. The van der Waals surface area contributed by atoms with Crippen molar-refractivity contribution < 1.29 is 0 Å². The monoisotopic (exact) mass is 240 g/mol. The van der Waals surface area contributed by atoms with Crippen LogP contribution in [0.2, 0.25) is 0 Å². The molecule has 1 aromatic rings. The van der Waals surface area contributed by atoms with Crippen LogP contribution >= 0.6 is 12.4 Å². The Bertz CT molecular complexity index is 310. The van der Waals surface area contributed by atoms with Gasteiger partial charge in [-0.25, -0.2) is 0 Å². The molecular formula is C13H21ClN2. The molecule has 1 atom stereocenters. The van der Waals surface area contributed by atoms with Crippen LogP contribution < -0.4 is 10.6 Å². The van der Waals surface area contributed by atoms with Crippen LogP contribution in [0.4, 0.5) is 5.69 Å². The van der Waals surface area contributed by atoms with Gasteiger partial charge in [0.2, 0.25) is 0 Å². The van der Waals surface area contributed by atoms with Gasteiger partial charge in [-0.2, -0.15) is 0 Å². The van der Waals surface area contributed by atoms with Crippen molar-refractivity contribution in [3.63, 3.8) is 0 Å². The zero-order valence-electron chi connectivity index (χ0n) is 9.86. The predicted molar refractivity (Wildman–Crippen MR) is 72.2 cm³/mol. The average molecular weight is 241 g/mol. The summed E-state index contributed by atoms with van der Waals surface area (Å²) in [5.74, 6) is 0. The summed E-state index contributed by atoms with van der Waals surface area (Å²) in [6, 6.07) is 9.35. The first-order valence-electron chi connectivity index (χ1n) is 5.87. The number of anilines is 1. The van der Waals surface area contributed by atoms with E-state index in [0.717, 1.165) is 0 Å². The van der Waals surface area contributed by atoms with Crippen molar-refractivity contribution in [1.82, 2.24) is 0 Å². The third-order valence-corrected chi connectivity index (χ3v) is 3.31. The van der Waals surface area contributed by atoms with Crippen LogP contribution in [-0.2, 0) is 6.54 Å². The number of nitrogens with two attached hydrogens (primary N) is 1. The molecule has 1 aliphatic rings. The lowest BCUT2D eigenvalue weighted by molar-refractivity contribution is 0.485. The molecule has 1 unspecified atom stereocenters. The Kier molecular flexibility index (Phi) is 5.10. The third kappa shape index (κ3) is 2.89. The molecule has 1 aromatic carbocycles. The zero-order chi connectivity index (χ0) is 10.7. The highest BCUT2D eigenvalue weighted by molar-refractivity contribution is 5.85. The van der Waals surface area contributed by atoms with Crippen molar-refractivity contribution in [2.75, 3.05) is 11.4 Å². The Balaban J connectivity index is 0.00000128. The van der Waals surface area contributed by atoms with E-state index in [2.05, 4.69) is 36.1 Å². The number of benzene rings is 1. The minimum Gasteiger partial charge on any atom is -0.369 e. The molecule has 0 saturated carbocycles. The lowest BCUT2D eigenvalue weighted by Crippen LogP contribution is -2.37. The van der Waals surface area contributed by atoms with Gasteiger partial charge in [-0.1, -0.05) is 12.1 Å². The number of nitrogens with zero attached hydrogens (tertiary/aromatic N) is 1. The minimum atomic E-state index is 0. The molecule has 0 spiro atoms. The summed E-state index contributed by atoms with van der Waals surface area (Å²) >= 11 is 0. The number of rotatable bonds is 2. The molecule has 1 aliphatic heterocycles. The summed E-state index contributed by atoms with van der Waals surface area (Å²) in [5, 5.41) is 0. The summed E-state index contributed by atoms with van der Waals surface area (Å²) < 4.78 is 0. The maximum atomic E-state index is 5.59. The van der Waals surface area contributed by atoms with E-state index >= 15 is 0 Å². The third-order valence-electron chi connectivity index (χ3n) is 3.31.